The SMILES string of the molecule is CC(C)c1c(N)ncnc1N1CCC2NC(=O)CCC2C1. The second-order valence-corrected chi connectivity index (χ2v) is 6.36. The lowest BCUT2D eigenvalue weighted by molar-refractivity contribution is -0.124. The van der Waals surface area contributed by atoms with Gasteiger partial charge < -0.3 is 16.0 Å². The number of aromatic nitrogens is 2. The highest BCUT2D eigenvalue weighted by Crippen LogP contribution is 2.33. The Hall–Kier alpha value is -1.85. The Labute approximate surface area is 125 Å². The lowest BCUT2D eigenvalue weighted by Crippen LogP contribution is -2.54. The molecule has 6 heteroatoms. The molecule has 2 atom stereocenters. The summed E-state index contributed by atoms with van der Waals surface area (Å²) in [5, 5.41) is 3.12. The van der Waals surface area contributed by atoms with Gasteiger partial charge in [0.15, 0.2) is 0 Å². The van der Waals surface area contributed by atoms with Gasteiger partial charge in [-0.3, -0.25) is 4.79 Å². The fourth-order valence-electron chi connectivity index (χ4n) is 3.51. The number of hydrogen-bond acceptors (Lipinski definition) is 5. The van der Waals surface area contributed by atoms with E-state index in [4.69, 9.17) is 5.73 Å². The van der Waals surface area contributed by atoms with Crippen LogP contribution in [0.5, 0.6) is 0 Å². The van der Waals surface area contributed by atoms with Crippen LogP contribution in [0.3, 0.4) is 0 Å². The zero-order valence-corrected chi connectivity index (χ0v) is 12.7. The first-order chi connectivity index (χ1) is 10.1. The van der Waals surface area contributed by atoms with E-state index in [1.54, 1.807) is 6.33 Å². The van der Waals surface area contributed by atoms with E-state index in [0.29, 0.717) is 30.1 Å². The highest BCUT2D eigenvalue weighted by atomic mass is 16.1. The summed E-state index contributed by atoms with van der Waals surface area (Å²) < 4.78 is 0. The number of rotatable bonds is 2. The smallest absolute Gasteiger partial charge is 0.220 e. The molecule has 3 rings (SSSR count). The Morgan fingerprint density at radius 2 is 2.19 bits per heavy atom. The molecular formula is C15H23N5O. The van der Waals surface area contributed by atoms with Gasteiger partial charge in [0.1, 0.15) is 18.0 Å². The van der Waals surface area contributed by atoms with E-state index in [1.807, 2.05) is 0 Å². The molecule has 0 aliphatic carbocycles. The molecule has 1 aromatic rings. The maximum absolute atomic E-state index is 11.5. The Morgan fingerprint density at radius 3 is 2.95 bits per heavy atom. The van der Waals surface area contributed by atoms with Crippen LogP contribution in [-0.4, -0.2) is 35.0 Å². The average Bonchev–Trinajstić information content (AvgIpc) is 2.46. The first-order valence-electron chi connectivity index (χ1n) is 7.71. The Kier molecular flexibility index (Phi) is 3.69. The molecule has 0 radical (unpaired) electrons. The van der Waals surface area contributed by atoms with Crippen molar-refractivity contribution >= 4 is 17.5 Å². The molecule has 2 saturated heterocycles. The molecule has 2 fully saturated rings. The summed E-state index contributed by atoms with van der Waals surface area (Å²) in [5.74, 6) is 2.54. The summed E-state index contributed by atoms with van der Waals surface area (Å²) in [6.07, 6.45) is 4.12. The Balaban J connectivity index is 1.83. The molecule has 2 aliphatic rings. The standard InChI is InChI=1S/C15H23N5O/c1-9(2)13-14(16)17-8-18-15(13)20-6-5-11-10(7-20)3-4-12(21)19-11/h8-11H,3-7H2,1-2H3,(H,19,21)(H2,16,17,18). The van der Waals surface area contributed by atoms with Crippen molar-refractivity contribution in [2.75, 3.05) is 23.7 Å². The zero-order chi connectivity index (χ0) is 15.0. The second kappa shape index (κ2) is 5.50. The number of nitrogens with one attached hydrogen (secondary N) is 1. The molecule has 0 bridgehead atoms. The monoisotopic (exact) mass is 289 g/mol. The van der Waals surface area contributed by atoms with Crippen molar-refractivity contribution in [3.8, 4) is 0 Å². The molecule has 21 heavy (non-hydrogen) atoms. The number of fused-ring (bicyclic) bond motifs is 1. The van der Waals surface area contributed by atoms with Crippen LogP contribution in [-0.2, 0) is 4.79 Å². The fraction of sp³-hybridized carbons (Fsp3) is 0.667. The van der Waals surface area contributed by atoms with E-state index in [9.17, 15) is 4.79 Å². The van der Waals surface area contributed by atoms with Gasteiger partial charge in [0.25, 0.3) is 0 Å². The van der Waals surface area contributed by atoms with Gasteiger partial charge in [-0.15, -0.1) is 0 Å². The van der Waals surface area contributed by atoms with Gasteiger partial charge in [0.2, 0.25) is 5.91 Å². The van der Waals surface area contributed by atoms with E-state index < -0.39 is 0 Å². The topological polar surface area (TPSA) is 84.1 Å². The number of nitrogen functional groups attached to an aromatic ring is 1. The number of carbonyl (C=O) groups is 1. The van der Waals surface area contributed by atoms with Crippen LogP contribution < -0.4 is 16.0 Å². The van der Waals surface area contributed by atoms with E-state index in [2.05, 4.69) is 34.0 Å². The quantitative estimate of drug-likeness (QED) is 0.857. The van der Waals surface area contributed by atoms with Crippen molar-refractivity contribution in [1.29, 1.82) is 0 Å². The fourth-order valence-corrected chi connectivity index (χ4v) is 3.51. The Bertz CT molecular complexity index is 545. The summed E-state index contributed by atoms with van der Waals surface area (Å²) in [7, 11) is 0. The van der Waals surface area contributed by atoms with Crippen LogP contribution >= 0.6 is 0 Å². The van der Waals surface area contributed by atoms with Crippen molar-refractivity contribution in [2.24, 2.45) is 5.92 Å². The van der Waals surface area contributed by atoms with Crippen molar-refractivity contribution in [1.82, 2.24) is 15.3 Å². The molecular weight excluding hydrogens is 266 g/mol. The van der Waals surface area contributed by atoms with Gasteiger partial charge in [-0.1, -0.05) is 13.8 Å². The van der Waals surface area contributed by atoms with Gasteiger partial charge in [-0.2, -0.15) is 0 Å². The summed E-state index contributed by atoms with van der Waals surface area (Å²) >= 11 is 0. The molecule has 1 amide bonds. The minimum absolute atomic E-state index is 0.193. The van der Waals surface area contributed by atoms with E-state index in [1.165, 1.54) is 0 Å². The van der Waals surface area contributed by atoms with Crippen LogP contribution in [0.25, 0.3) is 0 Å². The molecule has 3 N–H and O–H groups in total. The molecule has 114 valence electrons. The van der Waals surface area contributed by atoms with Gasteiger partial charge in [-0.25, -0.2) is 9.97 Å². The minimum Gasteiger partial charge on any atom is -0.383 e. The maximum atomic E-state index is 11.5. The normalized spacial score (nSPS) is 25.7. The summed E-state index contributed by atoms with van der Waals surface area (Å²) in [6.45, 7) is 6.07. The Morgan fingerprint density at radius 1 is 1.38 bits per heavy atom. The van der Waals surface area contributed by atoms with Crippen LogP contribution in [0.15, 0.2) is 6.33 Å². The zero-order valence-electron chi connectivity index (χ0n) is 12.7. The van der Waals surface area contributed by atoms with Gasteiger partial charge >= 0.3 is 0 Å². The van der Waals surface area contributed by atoms with E-state index in [-0.39, 0.29) is 5.91 Å². The number of anilines is 2. The highest BCUT2D eigenvalue weighted by Gasteiger charge is 2.35. The van der Waals surface area contributed by atoms with Crippen LogP contribution in [0.2, 0.25) is 0 Å². The van der Waals surface area contributed by atoms with Crippen LogP contribution in [0, 0.1) is 5.92 Å². The van der Waals surface area contributed by atoms with E-state index >= 15 is 0 Å². The predicted octanol–water partition coefficient (Wildman–Crippen LogP) is 1.29. The summed E-state index contributed by atoms with van der Waals surface area (Å²) in [5.41, 5.74) is 7.08. The lowest BCUT2D eigenvalue weighted by Gasteiger charge is -2.42. The summed E-state index contributed by atoms with van der Waals surface area (Å²) in [6, 6.07) is 0.323. The molecule has 0 aromatic carbocycles. The van der Waals surface area contributed by atoms with Crippen molar-refractivity contribution in [2.45, 2.75) is 45.1 Å². The predicted molar refractivity (Wildman–Crippen MR) is 82.0 cm³/mol. The molecule has 0 saturated carbocycles. The third kappa shape index (κ3) is 2.66. The van der Waals surface area contributed by atoms with Gasteiger partial charge in [0, 0.05) is 31.1 Å². The molecule has 6 nitrogen and oxygen atoms in total. The number of hydrogen-bond donors (Lipinski definition) is 2. The van der Waals surface area contributed by atoms with Gasteiger partial charge in [-0.05, 0) is 24.7 Å². The number of nitrogens with two attached hydrogens (primary N) is 1. The second-order valence-electron chi connectivity index (χ2n) is 6.36. The average molecular weight is 289 g/mol. The highest BCUT2D eigenvalue weighted by molar-refractivity contribution is 5.77. The molecule has 0 spiro atoms. The lowest BCUT2D eigenvalue weighted by atomic mass is 9.85. The molecule has 1 aromatic heterocycles. The molecule has 2 unspecified atom stereocenters. The van der Waals surface area contributed by atoms with Crippen molar-refractivity contribution in [3.63, 3.8) is 0 Å². The maximum Gasteiger partial charge on any atom is 0.220 e. The molecule has 2 aliphatic heterocycles. The summed E-state index contributed by atoms with van der Waals surface area (Å²) in [4.78, 5) is 22.4. The van der Waals surface area contributed by atoms with Crippen molar-refractivity contribution in [3.05, 3.63) is 11.9 Å². The van der Waals surface area contributed by atoms with Crippen LogP contribution in [0.1, 0.15) is 44.6 Å². The number of carbonyl (C=O) groups excluding carboxylic acids is 1. The third-order valence-electron chi connectivity index (χ3n) is 4.59. The minimum atomic E-state index is 0.193. The largest absolute Gasteiger partial charge is 0.383 e. The number of amides is 1. The number of piperidine rings is 2. The van der Waals surface area contributed by atoms with Gasteiger partial charge in [0.05, 0.1) is 0 Å². The first-order valence-corrected chi connectivity index (χ1v) is 7.71. The first kappa shape index (κ1) is 14.1. The van der Waals surface area contributed by atoms with E-state index in [0.717, 1.165) is 37.3 Å². The van der Waals surface area contributed by atoms with Crippen molar-refractivity contribution < 1.29 is 4.79 Å². The number of nitrogens with zero attached hydrogens (tertiary/aromatic N) is 3. The molecule has 3 heterocycles. The van der Waals surface area contributed by atoms with Crippen LogP contribution in [0.4, 0.5) is 11.6 Å². The third-order valence-corrected chi connectivity index (χ3v) is 4.59.